The Balaban J connectivity index is 2.37. The summed E-state index contributed by atoms with van der Waals surface area (Å²) < 4.78 is 31.2. The van der Waals surface area contributed by atoms with E-state index in [2.05, 4.69) is 4.98 Å². The van der Waals surface area contributed by atoms with Crippen molar-refractivity contribution in [2.45, 2.75) is 25.7 Å². The van der Waals surface area contributed by atoms with E-state index in [1.165, 1.54) is 12.3 Å². The van der Waals surface area contributed by atoms with Crippen molar-refractivity contribution in [3.05, 3.63) is 29.1 Å². The highest BCUT2D eigenvalue weighted by Crippen LogP contribution is 2.34. The van der Waals surface area contributed by atoms with Gasteiger partial charge >= 0.3 is 5.97 Å². The summed E-state index contributed by atoms with van der Waals surface area (Å²) in [4.78, 5) is 15.4. The van der Waals surface area contributed by atoms with E-state index >= 15 is 0 Å². The SMILES string of the molecule is CCOC(=O)c1ccnc2c1CC(F)(F)C2. The molecule has 0 unspecified atom stereocenters. The molecule has 1 aromatic rings. The van der Waals surface area contributed by atoms with E-state index in [1.54, 1.807) is 6.92 Å². The second-order valence-electron chi connectivity index (χ2n) is 3.71. The number of carbonyl (C=O) groups excluding carboxylic acids is 1. The van der Waals surface area contributed by atoms with Crippen molar-refractivity contribution >= 4 is 5.97 Å². The molecule has 2 rings (SSSR count). The van der Waals surface area contributed by atoms with Gasteiger partial charge in [-0.05, 0) is 18.6 Å². The lowest BCUT2D eigenvalue weighted by Crippen LogP contribution is -2.15. The Kier molecular flexibility index (Phi) is 2.61. The van der Waals surface area contributed by atoms with Crippen LogP contribution < -0.4 is 0 Å². The monoisotopic (exact) mass is 227 g/mol. The van der Waals surface area contributed by atoms with Crippen LogP contribution in [0.5, 0.6) is 0 Å². The number of pyridine rings is 1. The van der Waals surface area contributed by atoms with Gasteiger partial charge in [0.15, 0.2) is 0 Å². The summed E-state index contributed by atoms with van der Waals surface area (Å²) in [6, 6.07) is 1.43. The molecule has 0 atom stereocenters. The van der Waals surface area contributed by atoms with Crippen molar-refractivity contribution in [3.63, 3.8) is 0 Å². The van der Waals surface area contributed by atoms with Gasteiger partial charge < -0.3 is 4.74 Å². The van der Waals surface area contributed by atoms with E-state index in [0.29, 0.717) is 11.3 Å². The van der Waals surface area contributed by atoms with Crippen LogP contribution in [0.4, 0.5) is 8.78 Å². The highest BCUT2D eigenvalue weighted by molar-refractivity contribution is 5.91. The van der Waals surface area contributed by atoms with Crippen molar-refractivity contribution in [1.29, 1.82) is 0 Å². The molecule has 0 bridgehead atoms. The third kappa shape index (κ3) is 1.89. The van der Waals surface area contributed by atoms with Gasteiger partial charge in [-0.1, -0.05) is 0 Å². The zero-order valence-electron chi connectivity index (χ0n) is 8.80. The first-order valence-corrected chi connectivity index (χ1v) is 5.05. The molecule has 1 aliphatic carbocycles. The normalized spacial score (nSPS) is 16.9. The maximum Gasteiger partial charge on any atom is 0.338 e. The van der Waals surface area contributed by atoms with Gasteiger partial charge in [0.05, 0.1) is 24.3 Å². The van der Waals surface area contributed by atoms with Crippen molar-refractivity contribution in [2.24, 2.45) is 0 Å². The number of hydrogen-bond donors (Lipinski definition) is 0. The summed E-state index contributed by atoms with van der Waals surface area (Å²) in [6.07, 6.45) is 0.548. The quantitative estimate of drug-likeness (QED) is 0.725. The Labute approximate surface area is 91.4 Å². The summed E-state index contributed by atoms with van der Waals surface area (Å²) in [6.45, 7) is 1.90. The van der Waals surface area contributed by atoms with Gasteiger partial charge in [-0.15, -0.1) is 0 Å². The molecule has 0 aliphatic heterocycles. The number of ether oxygens (including phenoxy) is 1. The van der Waals surface area contributed by atoms with Crippen molar-refractivity contribution in [1.82, 2.24) is 4.98 Å². The Morgan fingerprint density at radius 1 is 1.56 bits per heavy atom. The van der Waals surface area contributed by atoms with Gasteiger partial charge in [0.25, 0.3) is 5.92 Å². The van der Waals surface area contributed by atoms with Gasteiger partial charge in [0.2, 0.25) is 0 Å². The van der Waals surface area contributed by atoms with Crippen molar-refractivity contribution in [2.75, 3.05) is 6.61 Å². The number of fused-ring (bicyclic) bond motifs is 1. The molecule has 0 saturated carbocycles. The van der Waals surface area contributed by atoms with Crippen LogP contribution in [0.3, 0.4) is 0 Å². The summed E-state index contributed by atoms with van der Waals surface area (Å²) >= 11 is 0. The first kappa shape index (κ1) is 11.0. The van der Waals surface area contributed by atoms with E-state index in [-0.39, 0.29) is 12.2 Å². The third-order valence-corrected chi connectivity index (χ3v) is 2.50. The zero-order valence-corrected chi connectivity index (χ0v) is 8.80. The van der Waals surface area contributed by atoms with Crippen LogP contribution >= 0.6 is 0 Å². The Hall–Kier alpha value is -1.52. The molecule has 1 aliphatic rings. The molecule has 0 radical (unpaired) electrons. The standard InChI is InChI=1S/C11H11F2NO2/c1-2-16-10(15)7-3-4-14-9-6-11(12,13)5-8(7)9/h3-4H,2,5-6H2,1H3. The minimum absolute atomic E-state index is 0.212. The minimum atomic E-state index is -2.79. The maximum absolute atomic E-state index is 13.2. The molecule has 3 nitrogen and oxygen atoms in total. The fourth-order valence-electron chi connectivity index (χ4n) is 1.85. The van der Waals surface area contributed by atoms with E-state index in [1.807, 2.05) is 0 Å². The van der Waals surface area contributed by atoms with Crippen LogP contribution in [0.1, 0.15) is 28.5 Å². The van der Waals surface area contributed by atoms with Gasteiger partial charge in [0.1, 0.15) is 0 Å². The topological polar surface area (TPSA) is 39.2 Å². The molecule has 1 heterocycles. The van der Waals surface area contributed by atoms with Crippen molar-refractivity contribution in [3.8, 4) is 0 Å². The van der Waals surface area contributed by atoms with E-state index in [0.717, 1.165) is 0 Å². The summed E-state index contributed by atoms with van der Waals surface area (Å²) in [7, 11) is 0. The molecule has 0 spiro atoms. The summed E-state index contributed by atoms with van der Waals surface area (Å²) in [5.41, 5.74) is 0.838. The van der Waals surface area contributed by atoms with Gasteiger partial charge in [-0.25, -0.2) is 13.6 Å². The molecule has 5 heteroatoms. The predicted molar refractivity (Wildman–Crippen MR) is 52.5 cm³/mol. The van der Waals surface area contributed by atoms with Crippen LogP contribution in [0.2, 0.25) is 0 Å². The number of alkyl halides is 2. The molecule has 0 amide bonds. The molecule has 86 valence electrons. The van der Waals surface area contributed by atoms with Gasteiger partial charge in [0, 0.05) is 12.6 Å². The van der Waals surface area contributed by atoms with Gasteiger partial charge in [-0.2, -0.15) is 0 Å². The number of nitrogens with zero attached hydrogens (tertiary/aromatic N) is 1. The third-order valence-electron chi connectivity index (χ3n) is 2.50. The molecule has 0 N–H and O–H groups in total. The number of halogens is 2. The molecule has 0 saturated heterocycles. The highest BCUT2D eigenvalue weighted by Gasteiger charge is 2.40. The second kappa shape index (κ2) is 3.81. The fraction of sp³-hybridized carbons (Fsp3) is 0.455. The average molecular weight is 227 g/mol. The van der Waals surface area contributed by atoms with Crippen molar-refractivity contribution < 1.29 is 18.3 Å². The lowest BCUT2D eigenvalue weighted by atomic mass is 10.1. The summed E-state index contributed by atoms with van der Waals surface area (Å²) in [5, 5.41) is 0. The second-order valence-corrected chi connectivity index (χ2v) is 3.71. The number of rotatable bonds is 2. The molecular weight excluding hydrogens is 216 g/mol. The lowest BCUT2D eigenvalue weighted by Gasteiger charge is -2.07. The number of hydrogen-bond acceptors (Lipinski definition) is 3. The van der Waals surface area contributed by atoms with Crippen LogP contribution in [0, 0.1) is 0 Å². The lowest BCUT2D eigenvalue weighted by molar-refractivity contribution is 0.0124. The Bertz CT molecular complexity index is 432. The first-order chi connectivity index (χ1) is 7.53. The van der Waals surface area contributed by atoms with E-state index in [4.69, 9.17) is 4.74 Å². The zero-order chi connectivity index (χ0) is 11.8. The number of aromatic nitrogens is 1. The van der Waals surface area contributed by atoms with Gasteiger partial charge in [-0.3, -0.25) is 4.98 Å². The van der Waals surface area contributed by atoms with E-state index in [9.17, 15) is 13.6 Å². The largest absolute Gasteiger partial charge is 0.462 e. The highest BCUT2D eigenvalue weighted by atomic mass is 19.3. The maximum atomic E-state index is 13.2. The van der Waals surface area contributed by atoms with Crippen LogP contribution in [0.15, 0.2) is 12.3 Å². The average Bonchev–Trinajstić information content (AvgIpc) is 2.51. The Morgan fingerprint density at radius 3 is 3.00 bits per heavy atom. The summed E-state index contributed by atoms with van der Waals surface area (Å²) in [5.74, 6) is -3.35. The number of carbonyl (C=O) groups is 1. The minimum Gasteiger partial charge on any atom is -0.462 e. The van der Waals surface area contributed by atoms with Crippen LogP contribution in [-0.2, 0) is 17.6 Å². The van der Waals surface area contributed by atoms with Crippen LogP contribution in [-0.4, -0.2) is 23.5 Å². The fourth-order valence-corrected chi connectivity index (χ4v) is 1.85. The molecule has 0 aromatic carbocycles. The molecule has 1 aromatic heterocycles. The molecular formula is C11H11F2NO2. The predicted octanol–water partition coefficient (Wildman–Crippen LogP) is 1.99. The Morgan fingerprint density at radius 2 is 2.31 bits per heavy atom. The van der Waals surface area contributed by atoms with Crippen LogP contribution in [0.25, 0.3) is 0 Å². The first-order valence-electron chi connectivity index (χ1n) is 5.05. The smallest absolute Gasteiger partial charge is 0.338 e. The van der Waals surface area contributed by atoms with E-state index < -0.39 is 24.7 Å². The molecule has 16 heavy (non-hydrogen) atoms. The molecule has 0 fully saturated rings. The number of esters is 1.